The molecule has 2 atom stereocenters. The molecule has 2 heterocycles. The zero-order valence-corrected chi connectivity index (χ0v) is 10.0. The van der Waals surface area contributed by atoms with Gasteiger partial charge in [0.1, 0.15) is 0 Å². The molecule has 1 saturated carbocycles. The van der Waals surface area contributed by atoms with Crippen LogP contribution in [0.5, 0.6) is 0 Å². The number of fused-ring (bicyclic) bond motifs is 3. The minimum atomic E-state index is 0.225. The van der Waals surface area contributed by atoms with Crippen LogP contribution in [0.25, 0.3) is 0 Å². The molecule has 3 fully saturated rings. The maximum atomic E-state index is 6.30. The van der Waals surface area contributed by atoms with Crippen LogP contribution in [0.3, 0.4) is 0 Å². The monoisotopic (exact) mass is 196 g/mol. The molecule has 14 heavy (non-hydrogen) atoms. The van der Waals surface area contributed by atoms with Crippen LogP contribution in [0.1, 0.15) is 53.4 Å². The Kier molecular flexibility index (Phi) is 2.63. The van der Waals surface area contributed by atoms with Crippen LogP contribution in [0.15, 0.2) is 0 Å². The Morgan fingerprint density at radius 2 is 1.71 bits per heavy atom. The molecular formula is C13H24O. The van der Waals surface area contributed by atoms with Crippen molar-refractivity contribution in [3.8, 4) is 0 Å². The van der Waals surface area contributed by atoms with Crippen molar-refractivity contribution in [1.82, 2.24) is 0 Å². The predicted molar refractivity (Wildman–Crippen MR) is 59.2 cm³/mol. The van der Waals surface area contributed by atoms with Gasteiger partial charge in [0.25, 0.3) is 0 Å². The predicted octanol–water partition coefficient (Wildman–Crippen LogP) is 3.63. The van der Waals surface area contributed by atoms with Gasteiger partial charge in [0.05, 0.1) is 11.7 Å². The largest absolute Gasteiger partial charge is 0.371 e. The van der Waals surface area contributed by atoms with Crippen LogP contribution in [0.4, 0.5) is 0 Å². The molecule has 2 aliphatic heterocycles. The van der Waals surface area contributed by atoms with E-state index in [4.69, 9.17) is 4.74 Å². The summed E-state index contributed by atoms with van der Waals surface area (Å²) < 4.78 is 6.30. The summed E-state index contributed by atoms with van der Waals surface area (Å²) in [5.74, 6) is 2.33. The van der Waals surface area contributed by atoms with Crippen molar-refractivity contribution in [2.75, 3.05) is 0 Å². The van der Waals surface area contributed by atoms with Crippen molar-refractivity contribution in [2.45, 2.75) is 65.1 Å². The molecule has 0 radical (unpaired) electrons. The summed E-state index contributed by atoms with van der Waals surface area (Å²) in [6.45, 7) is 9.30. The van der Waals surface area contributed by atoms with E-state index in [9.17, 15) is 0 Å². The molecule has 1 heteroatoms. The van der Waals surface area contributed by atoms with Gasteiger partial charge >= 0.3 is 0 Å². The highest BCUT2D eigenvalue weighted by molar-refractivity contribution is 4.95. The van der Waals surface area contributed by atoms with E-state index in [0.717, 1.165) is 17.8 Å². The van der Waals surface area contributed by atoms with Crippen molar-refractivity contribution < 1.29 is 4.74 Å². The average Bonchev–Trinajstić information content (AvgIpc) is 2.16. The summed E-state index contributed by atoms with van der Waals surface area (Å²) >= 11 is 0. The van der Waals surface area contributed by atoms with Gasteiger partial charge in [-0.3, -0.25) is 0 Å². The van der Waals surface area contributed by atoms with Crippen LogP contribution in [0, 0.1) is 17.8 Å². The van der Waals surface area contributed by atoms with E-state index in [2.05, 4.69) is 27.7 Å². The number of rotatable bonds is 2. The fourth-order valence-corrected chi connectivity index (χ4v) is 3.04. The Bertz CT molecular complexity index is 199. The molecular weight excluding hydrogens is 172 g/mol. The minimum absolute atomic E-state index is 0.225. The number of hydrogen-bond donors (Lipinski definition) is 0. The fraction of sp³-hybridized carbons (Fsp3) is 1.00. The first-order valence-electron chi connectivity index (χ1n) is 6.20. The molecule has 0 N–H and O–H groups in total. The summed E-state index contributed by atoms with van der Waals surface area (Å²) in [5.41, 5.74) is 0.225. The third-order valence-corrected chi connectivity index (χ3v) is 4.54. The summed E-state index contributed by atoms with van der Waals surface area (Å²) in [6, 6.07) is 0. The molecule has 0 aromatic carbocycles. The van der Waals surface area contributed by atoms with Gasteiger partial charge in [-0.25, -0.2) is 0 Å². The lowest BCUT2D eigenvalue weighted by molar-refractivity contribution is -0.204. The minimum Gasteiger partial charge on any atom is -0.371 e. The molecule has 82 valence electrons. The molecule has 3 aliphatic rings. The van der Waals surface area contributed by atoms with E-state index >= 15 is 0 Å². The lowest BCUT2D eigenvalue weighted by Gasteiger charge is -2.51. The van der Waals surface area contributed by atoms with Gasteiger partial charge in [-0.05, 0) is 50.4 Å². The molecule has 0 aromatic rings. The Labute approximate surface area is 88.2 Å². The smallest absolute Gasteiger partial charge is 0.0658 e. The van der Waals surface area contributed by atoms with E-state index in [1.165, 1.54) is 25.7 Å². The van der Waals surface area contributed by atoms with Crippen LogP contribution in [-0.2, 0) is 4.74 Å². The van der Waals surface area contributed by atoms with Gasteiger partial charge in [0, 0.05) is 0 Å². The van der Waals surface area contributed by atoms with E-state index in [1.54, 1.807) is 0 Å². The quantitative estimate of drug-likeness (QED) is 0.655. The van der Waals surface area contributed by atoms with Gasteiger partial charge in [0.15, 0.2) is 0 Å². The first-order chi connectivity index (χ1) is 6.52. The Morgan fingerprint density at radius 1 is 1.14 bits per heavy atom. The lowest BCUT2D eigenvalue weighted by atomic mass is 9.69. The third kappa shape index (κ3) is 1.71. The Morgan fingerprint density at radius 3 is 2.14 bits per heavy atom. The second-order valence-electron chi connectivity index (χ2n) is 5.97. The van der Waals surface area contributed by atoms with Gasteiger partial charge in [-0.2, -0.15) is 0 Å². The standard InChI is InChI=1S/C13H24O/c1-9(2)10(3)12-11-5-7-13(4,14-12)8-6-11/h9-12H,5-8H2,1-4H3. The van der Waals surface area contributed by atoms with Crippen LogP contribution in [-0.4, -0.2) is 11.7 Å². The van der Waals surface area contributed by atoms with Crippen molar-refractivity contribution in [3.05, 3.63) is 0 Å². The van der Waals surface area contributed by atoms with Crippen molar-refractivity contribution >= 4 is 0 Å². The van der Waals surface area contributed by atoms with Crippen LogP contribution >= 0.6 is 0 Å². The summed E-state index contributed by atoms with van der Waals surface area (Å²) in [4.78, 5) is 0. The molecule has 3 rings (SSSR count). The lowest BCUT2D eigenvalue weighted by Crippen LogP contribution is -2.51. The molecule has 0 spiro atoms. The molecule has 1 aliphatic carbocycles. The summed E-state index contributed by atoms with van der Waals surface area (Å²) in [7, 11) is 0. The van der Waals surface area contributed by atoms with Gasteiger partial charge in [-0.15, -0.1) is 0 Å². The highest BCUT2D eigenvalue weighted by Crippen LogP contribution is 2.47. The highest BCUT2D eigenvalue weighted by Gasteiger charge is 2.45. The van der Waals surface area contributed by atoms with Crippen LogP contribution in [0.2, 0.25) is 0 Å². The second kappa shape index (κ2) is 3.52. The zero-order chi connectivity index (χ0) is 10.3. The van der Waals surface area contributed by atoms with Gasteiger partial charge in [-0.1, -0.05) is 20.8 Å². The molecule has 1 nitrogen and oxygen atoms in total. The maximum absolute atomic E-state index is 6.30. The molecule has 0 aromatic heterocycles. The van der Waals surface area contributed by atoms with E-state index in [0.29, 0.717) is 6.10 Å². The Hall–Kier alpha value is -0.0400. The SMILES string of the molecule is CC(C)C(C)C1OC2(C)CCC1CC2. The molecule has 0 amide bonds. The van der Waals surface area contributed by atoms with Gasteiger partial charge < -0.3 is 4.74 Å². The van der Waals surface area contributed by atoms with Crippen molar-refractivity contribution in [3.63, 3.8) is 0 Å². The average molecular weight is 196 g/mol. The second-order valence-corrected chi connectivity index (χ2v) is 5.97. The number of ether oxygens (including phenoxy) is 1. The topological polar surface area (TPSA) is 9.23 Å². The third-order valence-electron chi connectivity index (χ3n) is 4.54. The van der Waals surface area contributed by atoms with Crippen molar-refractivity contribution in [1.29, 1.82) is 0 Å². The fourth-order valence-electron chi connectivity index (χ4n) is 3.04. The maximum Gasteiger partial charge on any atom is 0.0658 e. The molecule has 2 saturated heterocycles. The number of hydrogen-bond acceptors (Lipinski definition) is 1. The zero-order valence-electron chi connectivity index (χ0n) is 10.0. The first-order valence-corrected chi connectivity index (χ1v) is 6.20. The summed E-state index contributed by atoms with van der Waals surface area (Å²) in [5, 5.41) is 0. The Balaban J connectivity index is 2.07. The highest BCUT2D eigenvalue weighted by atomic mass is 16.5. The van der Waals surface area contributed by atoms with Gasteiger partial charge in [0.2, 0.25) is 0 Å². The normalized spacial score (nSPS) is 44.4. The van der Waals surface area contributed by atoms with E-state index < -0.39 is 0 Å². The summed E-state index contributed by atoms with van der Waals surface area (Å²) in [6.07, 6.45) is 5.93. The van der Waals surface area contributed by atoms with E-state index in [1.807, 2.05) is 0 Å². The van der Waals surface area contributed by atoms with Crippen LogP contribution < -0.4 is 0 Å². The molecule has 2 unspecified atom stereocenters. The van der Waals surface area contributed by atoms with E-state index in [-0.39, 0.29) is 5.60 Å². The van der Waals surface area contributed by atoms with Crippen molar-refractivity contribution in [2.24, 2.45) is 17.8 Å². The molecule has 2 bridgehead atoms. The first kappa shape index (κ1) is 10.5.